The number of imidazole rings is 1. The molecule has 7 nitrogen and oxygen atoms in total. The van der Waals surface area contributed by atoms with Gasteiger partial charge in [-0.2, -0.15) is 4.31 Å². The first-order valence-electron chi connectivity index (χ1n) is 9.20. The van der Waals surface area contributed by atoms with Gasteiger partial charge in [0, 0.05) is 25.1 Å². The number of aromatic nitrogens is 2. The summed E-state index contributed by atoms with van der Waals surface area (Å²) in [7, 11) is -0.745. The van der Waals surface area contributed by atoms with Crippen molar-refractivity contribution in [3.05, 3.63) is 48.3 Å². The van der Waals surface area contributed by atoms with E-state index in [4.69, 9.17) is 9.47 Å². The monoisotopic (exact) mass is 401 g/mol. The minimum absolute atomic E-state index is 0.0209. The fraction of sp³-hybridized carbons (Fsp3) is 0.350. The topological polar surface area (TPSA) is 84.5 Å². The molecule has 8 heteroatoms. The largest absolute Gasteiger partial charge is 0.497 e. The molecule has 1 unspecified atom stereocenters. The Labute approximate surface area is 164 Å². The number of benzene rings is 2. The molecule has 3 aromatic rings. The Kier molecular flexibility index (Phi) is 4.99. The molecule has 1 atom stereocenters. The van der Waals surface area contributed by atoms with Crippen LogP contribution in [0.4, 0.5) is 0 Å². The van der Waals surface area contributed by atoms with Gasteiger partial charge in [-0.1, -0.05) is 12.1 Å². The van der Waals surface area contributed by atoms with E-state index in [1.807, 2.05) is 24.3 Å². The second-order valence-electron chi connectivity index (χ2n) is 6.86. The van der Waals surface area contributed by atoms with Gasteiger partial charge in [0.2, 0.25) is 10.0 Å². The second-order valence-corrected chi connectivity index (χ2v) is 8.76. The predicted octanol–water partition coefficient (Wildman–Crippen LogP) is 3.15. The molecule has 0 saturated carbocycles. The third-order valence-electron chi connectivity index (χ3n) is 5.17. The average molecular weight is 401 g/mol. The van der Waals surface area contributed by atoms with E-state index >= 15 is 0 Å². The Morgan fingerprint density at radius 1 is 1.14 bits per heavy atom. The lowest BCUT2D eigenvalue weighted by atomic mass is 9.99. The minimum atomic E-state index is -3.72. The molecule has 148 valence electrons. The molecule has 28 heavy (non-hydrogen) atoms. The Morgan fingerprint density at radius 3 is 2.71 bits per heavy atom. The highest BCUT2D eigenvalue weighted by Gasteiger charge is 2.34. The van der Waals surface area contributed by atoms with E-state index < -0.39 is 10.0 Å². The molecule has 1 fully saturated rings. The number of hydrogen-bond donors (Lipinski definition) is 1. The molecule has 1 saturated heterocycles. The van der Waals surface area contributed by atoms with Gasteiger partial charge in [-0.15, -0.1) is 0 Å². The van der Waals surface area contributed by atoms with Crippen LogP contribution in [-0.4, -0.2) is 50.0 Å². The maximum atomic E-state index is 13.3. The Morgan fingerprint density at radius 2 is 1.96 bits per heavy atom. The molecule has 2 heterocycles. The van der Waals surface area contributed by atoms with E-state index in [9.17, 15) is 8.42 Å². The molecule has 4 rings (SSSR count). The lowest BCUT2D eigenvalue weighted by Gasteiger charge is -2.31. The standard InChI is InChI=1S/C20H23N3O4S/c1-26-15-9-10-18(27-2)19(12-15)28(24,25)23-11-5-6-14(13-23)20-21-16-7-3-4-8-17(16)22-20/h3-4,7-10,12,14H,5-6,11,13H2,1-2H3,(H,21,22). The van der Waals surface area contributed by atoms with Gasteiger partial charge in [0.25, 0.3) is 0 Å². The van der Waals surface area contributed by atoms with Crippen LogP contribution in [0.25, 0.3) is 11.0 Å². The van der Waals surface area contributed by atoms with Crippen molar-refractivity contribution >= 4 is 21.1 Å². The molecule has 0 spiro atoms. The van der Waals surface area contributed by atoms with E-state index in [2.05, 4.69) is 9.97 Å². The molecule has 1 aliphatic rings. The van der Waals surface area contributed by atoms with Crippen LogP contribution in [0.15, 0.2) is 47.4 Å². The van der Waals surface area contributed by atoms with Crippen LogP contribution in [0.2, 0.25) is 0 Å². The van der Waals surface area contributed by atoms with Crippen molar-refractivity contribution in [2.24, 2.45) is 0 Å². The van der Waals surface area contributed by atoms with Crippen LogP contribution < -0.4 is 9.47 Å². The summed E-state index contributed by atoms with van der Waals surface area (Å²) in [6.07, 6.45) is 1.66. The maximum absolute atomic E-state index is 13.3. The summed E-state index contributed by atoms with van der Waals surface area (Å²) in [5.74, 6) is 1.64. The molecular formula is C20H23N3O4S. The van der Waals surface area contributed by atoms with Gasteiger partial charge < -0.3 is 14.5 Å². The number of piperidine rings is 1. The average Bonchev–Trinajstić information content (AvgIpc) is 3.17. The number of nitrogens with zero attached hydrogens (tertiary/aromatic N) is 2. The summed E-state index contributed by atoms with van der Waals surface area (Å²) in [6.45, 7) is 0.849. The third-order valence-corrected chi connectivity index (χ3v) is 7.05. The first kappa shape index (κ1) is 18.8. The number of ether oxygens (including phenoxy) is 2. The zero-order valence-corrected chi connectivity index (χ0v) is 16.7. The molecule has 1 aromatic heterocycles. The lowest BCUT2D eigenvalue weighted by molar-refractivity contribution is 0.308. The van der Waals surface area contributed by atoms with E-state index in [-0.39, 0.29) is 10.8 Å². The van der Waals surface area contributed by atoms with Gasteiger partial charge in [0.15, 0.2) is 0 Å². The van der Waals surface area contributed by atoms with E-state index in [0.717, 1.165) is 29.7 Å². The highest BCUT2D eigenvalue weighted by molar-refractivity contribution is 7.89. The van der Waals surface area contributed by atoms with Crippen LogP contribution in [0.5, 0.6) is 11.5 Å². The quantitative estimate of drug-likeness (QED) is 0.710. The maximum Gasteiger partial charge on any atom is 0.246 e. The molecular weight excluding hydrogens is 378 g/mol. The van der Waals surface area contributed by atoms with Gasteiger partial charge >= 0.3 is 0 Å². The summed E-state index contributed by atoms with van der Waals surface area (Å²) in [5.41, 5.74) is 1.86. The van der Waals surface area contributed by atoms with Crippen LogP contribution in [-0.2, 0) is 10.0 Å². The first-order valence-corrected chi connectivity index (χ1v) is 10.6. The fourth-order valence-electron chi connectivity index (χ4n) is 3.67. The van der Waals surface area contributed by atoms with Gasteiger partial charge in [0.1, 0.15) is 22.2 Å². The first-order chi connectivity index (χ1) is 13.5. The molecule has 1 N–H and O–H groups in total. The summed E-state index contributed by atoms with van der Waals surface area (Å²) < 4.78 is 38.7. The van der Waals surface area contributed by atoms with Crippen molar-refractivity contribution in [1.82, 2.24) is 14.3 Å². The highest BCUT2D eigenvalue weighted by atomic mass is 32.2. The van der Waals surface area contributed by atoms with E-state index in [0.29, 0.717) is 24.6 Å². The van der Waals surface area contributed by atoms with Gasteiger partial charge in [0.05, 0.1) is 25.3 Å². The predicted molar refractivity (Wildman–Crippen MR) is 106 cm³/mol. The van der Waals surface area contributed by atoms with Gasteiger partial charge in [-0.05, 0) is 37.1 Å². The Hall–Kier alpha value is -2.58. The SMILES string of the molecule is COc1ccc(OC)c(S(=O)(=O)N2CCCC(c3nc4ccccc4[nH]3)C2)c1. The highest BCUT2D eigenvalue weighted by Crippen LogP contribution is 2.34. The van der Waals surface area contributed by atoms with Crippen LogP contribution in [0, 0.1) is 0 Å². The number of rotatable bonds is 5. The molecule has 0 aliphatic carbocycles. The van der Waals surface area contributed by atoms with Crippen LogP contribution >= 0.6 is 0 Å². The number of sulfonamides is 1. The summed E-state index contributed by atoms with van der Waals surface area (Å²) in [4.78, 5) is 8.13. The molecule has 0 bridgehead atoms. The Balaban J connectivity index is 1.65. The molecule has 0 amide bonds. The minimum Gasteiger partial charge on any atom is -0.497 e. The number of aromatic amines is 1. The summed E-state index contributed by atoms with van der Waals surface area (Å²) in [6, 6.07) is 12.6. The Bertz CT molecular complexity index is 1060. The smallest absolute Gasteiger partial charge is 0.246 e. The number of hydrogen-bond acceptors (Lipinski definition) is 5. The number of para-hydroxylation sites is 2. The molecule has 1 aliphatic heterocycles. The summed E-state index contributed by atoms with van der Waals surface area (Å²) >= 11 is 0. The number of nitrogens with one attached hydrogen (secondary N) is 1. The second kappa shape index (κ2) is 7.44. The number of fused-ring (bicyclic) bond motifs is 1. The van der Waals surface area contributed by atoms with Crippen LogP contribution in [0.3, 0.4) is 0 Å². The zero-order chi connectivity index (χ0) is 19.7. The van der Waals surface area contributed by atoms with Crippen molar-refractivity contribution < 1.29 is 17.9 Å². The molecule has 0 radical (unpaired) electrons. The third kappa shape index (κ3) is 3.33. The van der Waals surface area contributed by atoms with Crippen LogP contribution in [0.1, 0.15) is 24.6 Å². The van der Waals surface area contributed by atoms with E-state index in [1.54, 1.807) is 12.1 Å². The number of H-pyrrole nitrogens is 1. The zero-order valence-electron chi connectivity index (χ0n) is 15.9. The lowest BCUT2D eigenvalue weighted by Crippen LogP contribution is -2.39. The van der Waals surface area contributed by atoms with Crippen molar-refractivity contribution in [2.45, 2.75) is 23.7 Å². The van der Waals surface area contributed by atoms with Crippen molar-refractivity contribution in [3.63, 3.8) is 0 Å². The number of methoxy groups -OCH3 is 2. The van der Waals surface area contributed by atoms with Crippen molar-refractivity contribution in [3.8, 4) is 11.5 Å². The van der Waals surface area contributed by atoms with E-state index in [1.165, 1.54) is 24.6 Å². The van der Waals surface area contributed by atoms with Crippen molar-refractivity contribution in [1.29, 1.82) is 0 Å². The van der Waals surface area contributed by atoms with Crippen molar-refractivity contribution in [2.75, 3.05) is 27.3 Å². The molecule has 2 aromatic carbocycles. The van der Waals surface area contributed by atoms with Gasteiger partial charge in [-0.3, -0.25) is 0 Å². The fourth-order valence-corrected chi connectivity index (χ4v) is 5.37. The van der Waals surface area contributed by atoms with Gasteiger partial charge in [-0.25, -0.2) is 13.4 Å². The normalized spacial score (nSPS) is 18.3. The summed E-state index contributed by atoms with van der Waals surface area (Å²) in [5, 5.41) is 0.